The summed E-state index contributed by atoms with van der Waals surface area (Å²) in [6.45, 7) is 0. The predicted molar refractivity (Wildman–Crippen MR) is 54.9 cm³/mol. The molecule has 17 heavy (non-hydrogen) atoms. The van der Waals surface area contributed by atoms with Gasteiger partial charge in [0.15, 0.2) is 6.10 Å². The van der Waals surface area contributed by atoms with Crippen molar-refractivity contribution >= 4 is 10.8 Å². The summed E-state index contributed by atoms with van der Waals surface area (Å²) >= 11 is 0. The number of fused-ring (bicyclic) bond motifs is 1. The third kappa shape index (κ3) is 2.24. The SMILES string of the molecule is OC(c1cc(F)cc2ccccc12)C(F)(F)F. The number of alkyl halides is 3. The molecule has 0 fully saturated rings. The molecular weight excluding hydrogens is 236 g/mol. The number of halogens is 4. The zero-order valence-corrected chi connectivity index (χ0v) is 8.50. The van der Waals surface area contributed by atoms with E-state index in [0.29, 0.717) is 11.5 Å². The van der Waals surface area contributed by atoms with Crippen LogP contribution < -0.4 is 0 Å². The fourth-order valence-corrected chi connectivity index (χ4v) is 1.70. The molecule has 2 rings (SSSR count). The number of hydrogen-bond donors (Lipinski definition) is 1. The molecule has 1 atom stereocenters. The van der Waals surface area contributed by atoms with Gasteiger partial charge in [-0.25, -0.2) is 4.39 Å². The molecule has 2 aromatic carbocycles. The molecule has 90 valence electrons. The van der Waals surface area contributed by atoms with Crippen molar-refractivity contribution in [1.82, 2.24) is 0 Å². The van der Waals surface area contributed by atoms with Gasteiger partial charge in [-0.15, -0.1) is 0 Å². The Morgan fingerprint density at radius 1 is 1.06 bits per heavy atom. The third-order valence-corrected chi connectivity index (χ3v) is 2.46. The van der Waals surface area contributed by atoms with Gasteiger partial charge in [0.05, 0.1) is 0 Å². The molecule has 1 N–H and O–H groups in total. The van der Waals surface area contributed by atoms with Gasteiger partial charge in [0.2, 0.25) is 0 Å². The van der Waals surface area contributed by atoms with Gasteiger partial charge < -0.3 is 5.11 Å². The second-order valence-corrected chi connectivity index (χ2v) is 3.66. The molecule has 0 aliphatic carbocycles. The van der Waals surface area contributed by atoms with Crippen LogP contribution in [-0.4, -0.2) is 11.3 Å². The van der Waals surface area contributed by atoms with Crippen molar-refractivity contribution < 1.29 is 22.7 Å². The Morgan fingerprint density at radius 3 is 2.35 bits per heavy atom. The highest BCUT2D eigenvalue weighted by molar-refractivity contribution is 5.86. The van der Waals surface area contributed by atoms with Crippen molar-refractivity contribution in [2.45, 2.75) is 12.3 Å². The molecule has 0 heterocycles. The van der Waals surface area contributed by atoms with Crippen LogP contribution in [0.4, 0.5) is 17.6 Å². The molecule has 0 aliphatic rings. The van der Waals surface area contributed by atoms with Crippen molar-refractivity contribution in [3.8, 4) is 0 Å². The van der Waals surface area contributed by atoms with Crippen LogP contribution in [-0.2, 0) is 0 Å². The van der Waals surface area contributed by atoms with Crippen LogP contribution in [0.15, 0.2) is 36.4 Å². The fourth-order valence-electron chi connectivity index (χ4n) is 1.70. The monoisotopic (exact) mass is 244 g/mol. The largest absolute Gasteiger partial charge is 0.418 e. The van der Waals surface area contributed by atoms with E-state index < -0.39 is 23.7 Å². The smallest absolute Gasteiger partial charge is 0.379 e. The van der Waals surface area contributed by atoms with Gasteiger partial charge in [-0.1, -0.05) is 24.3 Å². The number of hydrogen-bond acceptors (Lipinski definition) is 1. The first-order chi connectivity index (χ1) is 7.89. The molecule has 0 saturated carbocycles. The fraction of sp³-hybridized carbons (Fsp3) is 0.167. The summed E-state index contributed by atoms with van der Waals surface area (Å²) in [6.07, 6.45) is -7.49. The van der Waals surface area contributed by atoms with Crippen molar-refractivity contribution in [2.75, 3.05) is 0 Å². The molecule has 0 aromatic heterocycles. The molecule has 0 amide bonds. The summed E-state index contributed by atoms with van der Waals surface area (Å²) in [7, 11) is 0. The Kier molecular flexibility index (Phi) is 2.79. The first-order valence-electron chi connectivity index (χ1n) is 4.82. The van der Waals surface area contributed by atoms with E-state index >= 15 is 0 Å². The first-order valence-corrected chi connectivity index (χ1v) is 4.82. The molecule has 0 bridgehead atoms. The van der Waals surface area contributed by atoms with Crippen molar-refractivity contribution in [2.24, 2.45) is 0 Å². The minimum atomic E-state index is -4.81. The number of aliphatic hydroxyl groups is 1. The van der Waals surface area contributed by atoms with Crippen LogP contribution in [0, 0.1) is 5.82 Å². The zero-order chi connectivity index (χ0) is 12.6. The maximum Gasteiger partial charge on any atom is 0.418 e. The topological polar surface area (TPSA) is 20.2 Å². The molecule has 0 spiro atoms. The lowest BCUT2D eigenvalue weighted by Crippen LogP contribution is -2.20. The standard InChI is InChI=1S/C12H8F4O/c13-8-5-7-3-1-2-4-9(7)10(6-8)11(17)12(14,15)16/h1-6,11,17H. The second kappa shape index (κ2) is 4.00. The summed E-state index contributed by atoms with van der Waals surface area (Å²) in [5.74, 6) is -0.804. The third-order valence-electron chi connectivity index (χ3n) is 2.46. The van der Waals surface area contributed by atoms with Crippen molar-refractivity contribution in [1.29, 1.82) is 0 Å². The minimum Gasteiger partial charge on any atom is -0.379 e. The van der Waals surface area contributed by atoms with Gasteiger partial charge in [-0.05, 0) is 22.9 Å². The Labute approximate surface area is 94.3 Å². The van der Waals surface area contributed by atoms with Crippen LogP contribution in [0.3, 0.4) is 0 Å². The van der Waals surface area contributed by atoms with Gasteiger partial charge in [0.25, 0.3) is 0 Å². The first kappa shape index (κ1) is 11.9. The maximum absolute atomic E-state index is 13.2. The summed E-state index contributed by atoms with van der Waals surface area (Å²) < 4.78 is 50.4. The van der Waals surface area contributed by atoms with Crippen LogP contribution in [0.1, 0.15) is 11.7 Å². The van der Waals surface area contributed by atoms with Crippen LogP contribution in [0.25, 0.3) is 10.8 Å². The molecule has 1 nitrogen and oxygen atoms in total. The van der Waals surface area contributed by atoms with Gasteiger partial charge in [-0.3, -0.25) is 0 Å². The van der Waals surface area contributed by atoms with E-state index in [9.17, 15) is 22.7 Å². The predicted octanol–water partition coefficient (Wildman–Crippen LogP) is 3.57. The molecule has 1 unspecified atom stereocenters. The molecule has 5 heteroatoms. The lowest BCUT2D eigenvalue weighted by atomic mass is 10.00. The quantitative estimate of drug-likeness (QED) is 0.760. The van der Waals surface area contributed by atoms with Crippen LogP contribution >= 0.6 is 0 Å². The summed E-state index contributed by atoms with van der Waals surface area (Å²) in [6, 6.07) is 7.87. The van der Waals surface area contributed by atoms with E-state index in [1.54, 1.807) is 6.07 Å². The molecule has 0 aliphatic heterocycles. The summed E-state index contributed by atoms with van der Waals surface area (Å²) in [4.78, 5) is 0. The Bertz CT molecular complexity index is 548. The summed E-state index contributed by atoms with van der Waals surface area (Å²) in [5, 5.41) is 9.71. The average molecular weight is 244 g/mol. The Balaban J connectivity index is 2.68. The van der Waals surface area contributed by atoms with Crippen molar-refractivity contribution in [3.05, 3.63) is 47.8 Å². The number of rotatable bonds is 1. The van der Waals surface area contributed by atoms with Crippen LogP contribution in [0.5, 0.6) is 0 Å². The van der Waals surface area contributed by atoms with Gasteiger partial charge in [0.1, 0.15) is 5.82 Å². The van der Waals surface area contributed by atoms with Gasteiger partial charge in [0, 0.05) is 5.56 Å². The lowest BCUT2D eigenvalue weighted by molar-refractivity contribution is -0.206. The molecule has 0 radical (unpaired) electrons. The Hall–Kier alpha value is -1.62. The van der Waals surface area contributed by atoms with E-state index in [4.69, 9.17) is 0 Å². The minimum absolute atomic E-state index is 0.193. The molecule has 0 saturated heterocycles. The van der Waals surface area contributed by atoms with Gasteiger partial charge >= 0.3 is 6.18 Å². The highest BCUT2D eigenvalue weighted by Gasteiger charge is 2.40. The number of aliphatic hydroxyl groups excluding tert-OH is 1. The summed E-state index contributed by atoms with van der Waals surface area (Å²) in [5.41, 5.74) is -0.465. The zero-order valence-electron chi connectivity index (χ0n) is 8.50. The highest BCUT2D eigenvalue weighted by Crippen LogP contribution is 2.36. The second-order valence-electron chi connectivity index (χ2n) is 3.66. The molecule has 2 aromatic rings. The number of benzene rings is 2. The normalized spacial score (nSPS) is 13.9. The van der Waals surface area contributed by atoms with Crippen molar-refractivity contribution in [3.63, 3.8) is 0 Å². The van der Waals surface area contributed by atoms with Crippen LogP contribution in [0.2, 0.25) is 0 Å². The average Bonchev–Trinajstić information content (AvgIpc) is 2.25. The Morgan fingerprint density at radius 2 is 1.71 bits per heavy atom. The highest BCUT2D eigenvalue weighted by atomic mass is 19.4. The van der Waals surface area contributed by atoms with E-state index in [2.05, 4.69) is 0 Å². The van der Waals surface area contributed by atoms with E-state index in [-0.39, 0.29) is 5.39 Å². The van der Waals surface area contributed by atoms with E-state index in [1.807, 2.05) is 0 Å². The van der Waals surface area contributed by atoms with E-state index in [1.165, 1.54) is 18.2 Å². The lowest BCUT2D eigenvalue weighted by Gasteiger charge is -2.17. The van der Waals surface area contributed by atoms with E-state index in [0.717, 1.165) is 6.07 Å². The molecular formula is C12H8F4O. The maximum atomic E-state index is 13.2. The van der Waals surface area contributed by atoms with Gasteiger partial charge in [-0.2, -0.15) is 13.2 Å².